The van der Waals surface area contributed by atoms with Gasteiger partial charge in [-0.15, -0.1) is 0 Å². The molecule has 1 aromatic heterocycles. The first-order chi connectivity index (χ1) is 9.99. The van der Waals surface area contributed by atoms with Gasteiger partial charge in [-0.25, -0.2) is 4.57 Å². The monoisotopic (exact) mass is 283 g/mol. The van der Waals surface area contributed by atoms with Crippen LogP contribution in [0.4, 0.5) is 0 Å². The topological polar surface area (TPSA) is 8.81 Å². The fraction of sp³-hybridized carbons (Fsp3) is 0.421. The molecule has 0 saturated carbocycles. The molecule has 0 aliphatic rings. The molecule has 0 aliphatic heterocycles. The number of rotatable bonds is 6. The summed E-state index contributed by atoms with van der Waals surface area (Å²) >= 11 is 0. The van der Waals surface area contributed by atoms with E-state index in [2.05, 4.69) is 80.2 Å². The first kappa shape index (κ1) is 15.6. The molecular formula is C19H27N2+. The van der Waals surface area contributed by atoms with Crippen LogP contribution in [-0.2, 0) is 13.0 Å². The smallest absolute Gasteiger partial charge is 0.236 e. The van der Waals surface area contributed by atoms with Gasteiger partial charge >= 0.3 is 0 Å². The molecule has 2 heteroatoms. The molecule has 0 bridgehead atoms. The zero-order chi connectivity index (χ0) is 15.4. The lowest BCUT2D eigenvalue weighted by Crippen LogP contribution is -2.33. The molecule has 0 unspecified atom stereocenters. The standard InChI is InChI=1S/C19H27N2/c1-6-18-13-20(12-16(4)5)14-21(18)19-9-7-17(8-10-19)11-15(2)3/h6-10,13-16H,1,11-12H2,2-5H3/q+1. The third-order valence-corrected chi connectivity index (χ3v) is 3.48. The zero-order valence-electron chi connectivity index (χ0n) is 13.7. The number of aromatic nitrogens is 2. The highest BCUT2D eigenvalue weighted by atomic mass is 15.1. The predicted octanol–water partition coefficient (Wildman–Crippen LogP) is 4.26. The lowest BCUT2D eigenvalue weighted by Gasteiger charge is -2.05. The number of benzene rings is 1. The minimum atomic E-state index is 0.636. The normalized spacial score (nSPS) is 11.3. The van der Waals surface area contributed by atoms with Crippen molar-refractivity contribution in [3.63, 3.8) is 0 Å². The molecule has 0 aliphatic carbocycles. The summed E-state index contributed by atoms with van der Waals surface area (Å²) in [6.45, 7) is 13.9. The molecule has 0 saturated heterocycles. The molecule has 2 aromatic rings. The van der Waals surface area contributed by atoms with Crippen LogP contribution in [0.1, 0.15) is 39.0 Å². The Morgan fingerprint density at radius 3 is 2.29 bits per heavy atom. The molecular weight excluding hydrogens is 256 g/mol. The number of hydrogen-bond donors (Lipinski definition) is 0. The van der Waals surface area contributed by atoms with Gasteiger partial charge in [-0.2, -0.15) is 4.57 Å². The lowest BCUT2D eigenvalue weighted by molar-refractivity contribution is -0.701. The van der Waals surface area contributed by atoms with Gasteiger partial charge in [0.05, 0.1) is 6.54 Å². The fourth-order valence-corrected chi connectivity index (χ4v) is 2.63. The van der Waals surface area contributed by atoms with Gasteiger partial charge in [0.1, 0.15) is 11.9 Å². The summed E-state index contributed by atoms with van der Waals surface area (Å²) in [5.41, 5.74) is 3.73. The molecule has 0 amide bonds. The minimum absolute atomic E-state index is 0.636. The summed E-state index contributed by atoms with van der Waals surface area (Å²) in [5, 5.41) is 0. The molecule has 0 N–H and O–H groups in total. The molecule has 1 aromatic carbocycles. The molecule has 2 nitrogen and oxygen atoms in total. The molecule has 1 heterocycles. The Morgan fingerprint density at radius 1 is 1.10 bits per heavy atom. The van der Waals surface area contributed by atoms with Gasteiger partial charge < -0.3 is 0 Å². The quantitative estimate of drug-likeness (QED) is 0.700. The molecule has 0 fully saturated rings. The summed E-state index contributed by atoms with van der Waals surface area (Å²) in [5.74, 6) is 1.33. The maximum Gasteiger partial charge on any atom is 0.249 e. The second kappa shape index (κ2) is 6.75. The van der Waals surface area contributed by atoms with E-state index in [9.17, 15) is 0 Å². The predicted molar refractivity (Wildman–Crippen MR) is 89.4 cm³/mol. The van der Waals surface area contributed by atoms with Crippen LogP contribution in [0.5, 0.6) is 0 Å². The Balaban J connectivity index is 2.28. The van der Waals surface area contributed by atoms with Crippen molar-refractivity contribution >= 4 is 6.08 Å². The molecule has 0 spiro atoms. The maximum atomic E-state index is 3.93. The van der Waals surface area contributed by atoms with E-state index in [0.29, 0.717) is 11.8 Å². The molecule has 112 valence electrons. The third kappa shape index (κ3) is 4.07. The summed E-state index contributed by atoms with van der Waals surface area (Å²) in [7, 11) is 0. The van der Waals surface area contributed by atoms with Crippen molar-refractivity contribution in [2.45, 2.75) is 40.7 Å². The Labute approximate surface area is 128 Å². The van der Waals surface area contributed by atoms with Gasteiger partial charge in [0.2, 0.25) is 6.33 Å². The largest absolute Gasteiger partial charge is 0.249 e. The van der Waals surface area contributed by atoms with Crippen LogP contribution in [0, 0.1) is 11.8 Å². The fourth-order valence-electron chi connectivity index (χ4n) is 2.63. The van der Waals surface area contributed by atoms with E-state index >= 15 is 0 Å². The Kier molecular flexibility index (Phi) is 5.00. The van der Waals surface area contributed by atoms with Crippen molar-refractivity contribution in [3.05, 3.63) is 54.6 Å². The molecule has 2 rings (SSSR count). The van der Waals surface area contributed by atoms with Crippen LogP contribution in [0.15, 0.2) is 43.4 Å². The summed E-state index contributed by atoms with van der Waals surface area (Å²) in [6, 6.07) is 8.86. The summed E-state index contributed by atoms with van der Waals surface area (Å²) < 4.78 is 4.44. The van der Waals surface area contributed by atoms with Crippen LogP contribution in [-0.4, -0.2) is 4.57 Å². The van der Waals surface area contributed by atoms with Crippen LogP contribution in [0.25, 0.3) is 11.8 Å². The van der Waals surface area contributed by atoms with Crippen LogP contribution < -0.4 is 4.57 Å². The van der Waals surface area contributed by atoms with E-state index in [4.69, 9.17) is 0 Å². The van der Waals surface area contributed by atoms with E-state index in [-0.39, 0.29) is 0 Å². The Morgan fingerprint density at radius 2 is 1.76 bits per heavy atom. The van der Waals surface area contributed by atoms with E-state index in [1.54, 1.807) is 0 Å². The first-order valence-corrected chi connectivity index (χ1v) is 7.82. The van der Waals surface area contributed by atoms with E-state index in [1.807, 2.05) is 6.08 Å². The minimum Gasteiger partial charge on any atom is -0.236 e. The van der Waals surface area contributed by atoms with Crippen molar-refractivity contribution in [2.24, 2.45) is 11.8 Å². The molecule has 0 atom stereocenters. The van der Waals surface area contributed by atoms with Gasteiger partial charge in [-0.3, -0.25) is 0 Å². The molecule has 21 heavy (non-hydrogen) atoms. The van der Waals surface area contributed by atoms with Crippen LogP contribution in [0.3, 0.4) is 0 Å². The Hall–Kier alpha value is -1.83. The number of nitrogens with zero attached hydrogens (tertiary/aromatic N) is 2. The van der Waals surface area contributed by atoms with Gasteiger partial charge in [-0.05, 0) is 42.0 Å². The van der Waals surface area contributed by atoms with Gasteiger partial charge in [0.15, 0.2) is 5.69 Å². The van der Waals surface area contributed by atoms with E-state index in [1.165, 1.54) is 11.3 Å². The number of imidazole rings is 1. The van der Waals surface area contributed by atoms with Crippen molar-refractivity contribution in [1.29, 1.82) is 0 Å². The van der Waals surface area contributed by atoms with Gasteiger partial charge in [-0.1, -0.05) is 46.4 Å². The van der Waals surface area contributed by atoms with Crippen LogP contribution in [0.2, 0.25) is 0 Å². The second-order valence-corrected chi connectivity index (χ2v) is 6.60. The Bertz CT molecular complexity index is 589. The highest BCUT2D eigenvalue weighted by molar-refractivity contribution is 5.46. The van der Waals surface area contributed by atoms with E-state index in [0.717, 1.165) is 18.7 Å². The third-order valence-electron chi connectivity index (χ3n) is 3.48. The lowest BCUT2D eigenvalue weighted by atomic mass is 10.0. The SMILES string of the molecule is C=Cc1c[n+](CC(C)C)cn1-c1ccc(CC(C)C)cc1. The van der Waals surface area contributed by atoms with Crippen molar-refractivity contribution < 1.29 is 4.57 Å². The van der Waals surface area contributed by atoms with Gasteiger partial charge in [0.25, 0.3) is 0 Å². The number of hydrogen-bond acceptors (Lipinski definition) is 0. The highest BCUT2D eigenvalue weighted by Crippen LogP contribution is 2.15. The summed E-state index contributed by atoms with van der Waals surface area (Å²) in [6.07, 6.45) is 7.37. The first-order valence-electron chi connectivity index (χ1n) is 7.82. The van der Waals surface area contributed by atoms with Crippen molar-refractivity contribution in [1.82, 2.24) is 4.57 Å². The zero-order valence-corrected chi connectivity index (χ0v) is 13.7. The van der Waals surface area contributed by atoms with Crippen molar-refractivity contribution in [2.75, 3.05) is 0 Å². The average Bonchev–Trinajstić information content (AvgIpc) is 2.81. The van der Waals surface area contributed by atoms with Crippen molar-refractivity contribution in [3.8, 4) is 5.69 Å². The maximum absolute atomic E-state index is 3.93. The van der Waals surface area contributed by atoms with E-state index < -0.39 is 0 Å². The summed E-state index contributed by atoms with van der Waals surface area (Å²) in [4.78, 5) is 0. The second-order valence-electron chi connectivity index (χ2n) is 6.60. The molecule has 0 radical (unpaired) electrons. The van der Waals surface area contributed by atoms with Crippen LogP contribution >= 0.6 is 0 Å². The highest BCUT2D eigenvalue weighted by Gasteiger charge is 2.14. The average molecular weight is 283 g/mol. The van der Waals surface area contributed by atoms with Gasteiger partial charge in [0, 0.05) is 0 Å².